The van der Waals surface area contributed by atoms with Crippen LogP contribution >= 0.6 is 11.6 Å². The summed E-state index contributed by atoms with van der Waals surface area (Å²) in [6.45, 7) is 2.79. The van der Waals surface area contributed by atoms with Gasteiger partial charge >= 0.3 is 0 Å². The van der Waals surface area contributed by atoms with Crippen LogP contribution in [0, 0.1) is 0 Å². The third-order valence-corrected chi connectivity index (χ3v) is 3.85. The Morgan fingerprint density at radius 2 is 2.15 bits per heavy atom. The number of nitrogens with one attached hydrogen (secondary N) is 1. The van der Waals surface area contributed by atoms with Gasteiger partial charge in [-0.3, -0.25) is 4.90 Å². The van der Waals surface area contributed by atoms with E-state index in [1.807, 2.05) is 31.3 Å². The quantitative estimate of drug-likeness (QED) is 0.936. The van der Waals surface area contributed by atoms with E-state index in [1.54, 1.807) is 0 Å². The second-order valence-electron chi connectivity index (χ2n) is 5.02. The van der Waals surface area contributed by atoms with Crippen molar-refractivity contribution in [2.45, 2.75) is 19.0 Å². The molecule has 106 valence electrons. The zero-order valence-corrected chi connectivity index (χ0v) is 12.1. The van der Waals surface area contributed by atoms with Crippen LogP contribution in [0.15, 0.2) is 28.7 Å². The number of likely N-dealkylation sites (N-methyl/N-ethyl adjacent to an activating group) is 1. The first kappa shape index (κ1) is 13.5. The Bertz CT molecular complexity index is 569. The van der Waals surface area contributed by atoms with Crippen LogP contribution in [-0.4, -0.2) is 41.3 Å². The standard InChI is InChI=1S/C14H17ClN4O/c1-16-12-6-7-19(8-12)9-13-17-18-14(20-13)10-2-4-11(15)5-3-10/h2-5,12,16H,6-9H2,1H3. The minimum absolute atomic E-state index is 0.543. The maximum Gasteiger partial charge on any atom is 0.247 e. The molecule has 0 saturated carbocycles. The number of aromatic nitrogens is 2. The molecule has 5 nitrogen and oxygen atoms in total. The molecular weight excluding hydrogens is 276 g/mol. The van der Waals surface area contributed by atoms with E-state index in [0.717, 1.165) is 25.1 Å². The predicted octanol–water partition coefficient (Wildman–Crippen LogP) is 2.18. The van der Waals surface area contributed by atoms with Crippen molar-refractivity contribution in [3.05, 3.63) is 35.2 Å². The lowest BCUT2D eigenvalue weighted by Gasteiger charge is -2.12. The molecule has 1 unspecified atom stereocenters. The molecule has 20 heavy (non-hydrogen) atoms. The number of nitrogens with zero attached hydrogens (tertiary/aromatic N) is 3. The van der Waals surface area contributed by atoms with Crippen molar-refractivity contribution in [1.82, 2.24) is 20.4 Å². The molecule has 0 amide bonds. The fourth-order valence-corrected chi connectivity index (χ4v) is 2.56. The molecule has 2 heterocycles. The summed E-state index contributed by atoms with van der Waals surface area (Å²) in [5.41, 5.74) is 0.891. The number of likely N-dealkylation sites (tertiary alicyclic amines) is 1. The number of benzene rings is 1. The highest BCUT2D eigenvalue weighted by Crippen LogP contribution is 2.21. The second kappa shape index (κ2) is 5.91. The fourth-order valence-electron chi connectivity index (χ4n) is 2.43. The van der Waals surface area contributed by atoms with E-state index in [-0.39, 0.29) is 0 Å². The first-order valence-electron chi connectivity index (χ1n) is 6.72. The van der Waals surface area contributed by atoms with Gasteiger partial charge in [0.25, 0.3) is 0 Å². The van der Waals surface area contributed by atoms with E-state index in [1.165, 1.54) is 0 Å². The molecule has 1 atom stereocenters. The summed E-state index contributed by atoms with van der Waals surface area (Å²) in [5, 5.41) is 12.2. The van der Waals surface area contributed by atoms with Gasteiger partial charge in [0, 0.05) is 29.7 Å². The smallest absolute Gasteiger partial charge is 0.247 e. The summed E-state index contributed by atoms with van der Waals surface area (Å²) in [6, 6.07) is 7.96. The average Bonchev–Trinajstić information content (AvgIpc) is 3.09. The zero-order valence-electron chi connectivity index (χ0n) is 11.3. The van der Waals surface area contributed by atoms with Gasteiger partial charge in [-0.05, 0) is 37.7 Å². The van der Waals surface area contributed by atoms with E-state index in [4.69, 9.17) is 16.0 Å². The van der Waals surface area contributed by atoms with Gasteiger partial charge in [0.2, 0.25) is 11.8 Å². The summed E-state index contributed by atoms with van der Waals surface area (Å²) >= 11 is 5.87. The van der Waals surface area contributed by atoms with Crippen LogP contribution in [0.25, 0.3) is 11.5 Å². The van der Waals surface area contributed by atoms with E-state index in [9.17, 15) is 0 Å². The summed E-state index contributed by atoms with van der Waals surface area (Å²) < 4.78 is 5.71. The van der Waals surface area contributed by atoms with Crippen LogP contribution in [0.4, 0.5) is 0 Å². The molecule has 0 aliphatic carbocycles. The van der Waals surface area contributed by atoms with Crippen LogP contribution in [0.5, 0.6) is 0 Å². The molecule has 1 aromatic carbocycles. The van der Waals surface area contributed by atoms with Crippen LogP contribution in [0.2, 0.25) is 5.02 Å². The van der Waals surface area contributed by atoms with Crippen molar-refractivity contribution in [2.24, 2.45) is 0 Å². The van der Waals surface area contributed by atoms with Gasteiger partial charge in [0.1, 0.15) is 0 Å². The minimum atomic E-state index is 0.543. The molecule has 6 heteroatoms. The molecular formula is C14H17ClN4O. The maximum absolute atomic E-state index is 5.87. The summed E-state index contributed by atoms with van der Waals surface area (Å²) in [4.78, 5) is 2.32. The molecule has 1 aliphatic heterocycles. The lowest BCUT2D eigenvalue weighted by molar-refractivity contribution is 0.286. The van der Waals surface area contributed by atoms with Crippen molar-refractivity contribution in [2.75, 3.05) is 20.1 Å². The SMILES string of the molecule is CNC1CCN(Cc2nnc(-c3ccc(Cl)cc3)o2)C1. The van der Waals surface area contributed by atoms with Crippen molar-refractivity contribution in [1.29, 1.82) is 0 Å². The van der Waals surface area contributed by atoms with E-state index in [0.29, 0.717) is 29.4 Å². The Morgan fingerprint density at radius 3 is 2.85 bits per heavy atom. The summed E-state index contributed by atoms with van der Waals surface area (Å²) in [6.07, 6.45) is 1.16. The van der Waals surface area contributed by atoms with Gasteiger partial charge in [-0.2, -0.15) is 0 Å². The van der Waals surface area contributed by atoms with Crippen molar-refractivity contribution >= 4 is 11.6 Å². The van der Waals surface area contributed by atoms with Crippen LogP contribution < -0.4 is 5.32 Å². The molecule has 0 radical (unpaired) electrons. The number of hydrogen-bond donors (Lipinski definition) is 1. The third-order valence-electron chi connectivity index (χ3n) is 3.60. The molecule has 0 bridgehead atoms. The van der Waals surface area contributed by atoms with Crippen LogP contribution in [-0.2, 0) is 6.54 Å². The normalized spacial score (nSPS) is 19.6. The third kappa shape index (κ3) is 3.00. The van der Waals surface area contributed by atoms with Crippen molar-refractivity contribution in [3.63, 3.8) is 0 Å². The second-order valence-corrected chi connectivity index (χ2v) is 5.45. The zero-order chi connectivity index (χ0) is 13.9. The van der Waals surface area contributed by atoms with E-state index >= 15 is 0 Å². The largest absolute Gasteiger partial charge is 0.419 e. The molecule has 1 N–H and O–H groups in total. The minimum Gasteiger partial charge on any atom is -0.419 e. The van der Waals surface area contributed by atoms with E-state index < -0.39 is 0 Å². The predicted molar refractivity (Wildman–Crippen MR) is 77.5 cm³/mol. The van der Waals surface area contributed by atoms with Gasteiger partial charge in [-0.15, -0.1) is 10.2 Å². The molecule has 3 rings (SSSR count). The highest BCUT2D eigenvalue weighted by atomic mass is 35.5. The monoisotopic (exact) mass is 292 g/mol. The molecule has 1 aliphatic rings. The van der Waals surface area contributed by atoms with Crippen LogP contribution in [0.3, 0.4) is 0 Å². The Kier molecular flexibility index (Phi) is 4.00. The van der Waals surface area contributed by atoms with Crippen molar-refractivity contribution in [3.8, 4) is 11.5 Å². The number of rotatable bonds is 4. The average molecular weight is 293 g/mol. The van der Waals surface area contributed by atoms with Gasteiger partial charge in [-0.25, -0.2) is 0 Å². The van der Waals surface area contributed by atoms with Gasteiger partial charge in [0.15, 0.2) is 0 Å². The highest BCUT2D eigenvalue weighted by molar-refractivity contribution is 6.30. The fraction of sp³-hybridized carbons (Fsp3) is 0.429. The molecule has 1 aromatic heterocycles. The van der Waals surface area contributed by atoms with Crippen LogP contribution in [0.1, 0.15) is 12.3 Å². The van der Waals surface area contributed by atoms with E-state index in [2.05, 4.69) is 20.4 Å². The number of hydrogen-bond acceptors (Lipinski definition) is 5. The Balaban J connectivity index is 1.66. The summed E-state index contributed by atoms with van der Waals surface area (Å²) in [5.74, 6) is 1.20. The molecule has 1 fully saturated rings. The Labute approximate surface area is 122 Å². The number of halogens is 1. The Morgan fingerprint density at radius 1 is 1.35 bits per heavy atom. The molecule has 2 aromatic rings. The first-order valence-corrected chi connectivity index (χ1v) is 7.10. The Hall–Kier alpha value is -1.43. The van der Waals surface area contributed by atoms with Gasteiger partial charge in [0.05, 0.1) is 6.54 Å². The first-order chi connectivity index (χ1) is 9.74. The molecule has 0 spiro atoms. The topological polar surface area (TPSA) is 54.2 Å². The lowest BCUT2D eigenvalue weighted by Crippen LogP contribution is -2.29. The highest BCUT2D eigenvalue weighted by Gasteiger charge is 2.22. The van der Waals surface area contributed by atoms with Gasteiger partial charge in [-0.1, -0.05) is 11.6 Å². The maximum atomic E-state index is 5.87. The van der Waals surface area contributed by atoms with Crippen molar-refractivity contribution < 1.29 is 4.42 Å². The lowest BCUT2D eigenvalue weighted by atomic mass is 10.2. The van der Waals surface area contributed by atoms with Gasteiger partial charge < -0.3 is 9.73 Å². The summed E-state index contributed by atoms with van der Waals surface area (Å²) in [7, 11) is 2.00. The molecule has 1 saturated heterocycles.